The standard InChI is InChI=1S/C17H18N2O4S/c1-22-16-8-4-2-6-13(16)10-11-18-24(20,21)12-15-14-7-3-5-9-17(14)23-19-15/h2-9,18H,10-12H2,1H3. The van der Waals surface area contributed by atoms with Crippen molar-refractivity contribution >= 4 is 21.0 Å². The average Bonchev–Trinajstić information content (AvgIpc) is 2.98. The molecule has 0 spiro atoms. The number of aromatic nitrogens is 1. The summed E-state index contributed by atoms with van der Waals surface area (Å²) in [7, 11) is -1.90. The molecule has 1 aromatic heterocycles. The summed E-state index contributed by atoms with van der Waals surface area (Å²) >= 11 is 0. The molecular weight excluding hydrogens is 328 g/mol. The normalized spacial score (nSPS) is 11.7. The number of sulfonamides is 1. The molecule has 0 unspecified atom stereocenters. The van der Waals surface area contributed by atoms with Gasteiger partial charge in [0.05, 0.1) is 7.11 Å². The molecule has 24 heavy (non-hydrogen) atoms. The van der Waals surface area contributed by atoms with Gasteiger partial charge in [0.2, 0.25) is 10.0 Å². The van der Waals surface area contributed by atoms with E-state index < -0.39 is 10.0 Å². The maximum Gasteiger partial charge on any atom is 0.217 e. The van der Waals surface area contributed by atoms with E-state index in [1.54, 1.807) is 19.2 Å². The number of nitrogens with one attached hydrogen (secondary N) is 1. The second-order valence-electron chi connectivity index (χ2n) is 5.34. The van der Waals surface area contributed by atoms with Gasteiger partial charge in [-0.2, -0.15) is 0 Å². The minimum absolute atomic E-state index is 0.212. The molecule has 0 aliphatic heterocycles. The van der Waals surface area contributed by atoms with Gasteiger partial charge in [-0.1, -0.05) is 35.5 Å². The molecule has 0 bridgehead atoms. The first kappa shape index (κ1) is 16.5. The Bertz CT molecular complexity index is 934. The molecule has 0 radical (unpaired) electrons. The summed E-state index contributed by atoms with van der Waals surface area (Å²) in [4.78, 5) is 0. The van der Waals surface area contributed by atoms with E-state index in [1.165, 1.54) is 0 Å². The van der Waals surface area contributed by atoms with Crippen LogP contribution in [0.25, 0.3) is 11.0 Å². The highest BCUT2D eigenvalue weighted by Gasteiger charge is 2.17. The van der Waals surface area contributed by atoms with Gasteiger partial charge in [-0.25, -0.2) is 13.1 Å². The summed E-state index contributed by atoms with van der Waals surface area (Å²) in [5.74, 6) is 0.537. The van der Waals surface area contributed by atoms with Crippen LogP contribution in [0, 0.1) is 0 Å². The number of methoxy groups -OCH3 is 1. The van der Waals surface area contributed by atoms with Crippen molar-refractivity contribution in [3.05, 3.63) is 59.8 Å². The van der Waals surface area contributed by atoms with E-state index in [0.717, 1.165) is 11.3 Å². The van der Waals surface area contributed by atoms with Gasteiger partial charge in [0.15, 0.2) is 5.58 Å². The van der Waals surface area contributed by atoms with Crippen LogP contribution in [0.5, 0.6) is 5.75 Å². The smallest absolute Gasteiger partial charge is 0.217 e. The Kier molecular flexibility index (Phi) is 4.82. The van der Waals surface area contributed by atoms with E-state index in [1.807, 2.05) is 36.4 Å². The van der Waals surface area contributed by atoms with Gasteiger partial charge in [0.25, 0.3) is 0 Å². The monoisotopic (exact) mass is 346 g/mol. The van der Waals surface area contributed by atoms with Crippen molar-refractivity contribution in [3.8, 4) is 5.75 Å². The van der Waals surface area contributed by atoms with Crippen LogP contribution in [-0.4, -0.2) is 27.2 Å². The van der Waals surface area contributed by atoms with Gasteiger partial charge in [-0.05, 0) is 30.2 Å². The summed E-state index contributed by atoms with van der Waals surface area (Å²) in [5.41, 5.74) is 1.95. The van der Waals surface area contributed by atoms with Crippen LogP contribution in [0.3, 0.4) is 0 Å². The summed E-state index contributed by atoms with van der Waals surface area (Å²) in [6.45, 7) is 0.290. The summed E-state index contributed by atoms with van der Waals surface area (Å²) in [5, 5.41) is 4.58. The van der Waals surface area contributed by atoms with Gasteiger partial charge in [-0.15, -0.1) is 0 Å². The van der Waals surface area contributed by atoms with E-state index in [-0.39, 0.29) is 5.75 Å². The van der Waals surface area contributed by atoms with E-state index in [0.29, 0.717) is 29.6 Å². The first-order valence-electron chi connectivity index (χ1n) is 7.51. The van der Waals surface area contributed by atoms with E-state index in [4.69, 9.17) is 9.26 Å². The van der Waals surface area contributed by atoms with E-state index >= 15 is 0 Å². The zero-order chi connectivity index (χ0) is 17.0. The van der Waals surface area contributed by atoms with Gasteiger partial charge < -0.3 is 9.26 Å². The fourth-order valence-corrected chi connectivity index (χ4v) is 3.61. The Hall–Kier alpha value is -2.38. The van der Waals surface area contributed by atoms with Crippen LogP contribution < -0.4 is 9.46 Å². The van der Waals surface area contributed by atoms with Crippen LogP contribution in [0.15, 0.2) is 53.1 Å². The Labute approximate surface area is 140 Å². The molecule has 0 aliphatic carbocycles. The van der Waals surface area contributed by atoms with Gasteiger partial charge in [0.1, 0.15) is 17.2 Å². The van der Waals surface area contributed by atoms with Crippen molar-refractivity contribution < 1.29 is 17.7 Å². The molecule has 1 N–H and O–H groups in total. The second-order valence-corrected chi connectivity index (χ2v) is 7.15. The third-order valence-corrected chi connectivity index (χ3v) is 4.99. The highest BCUT2D eigenvalue weighted by atomic mass is 32.2. The van der Waals surface area contributed by atoms with Crippen LogP contribution in [0.4, 0.5) is 0 Å². The molecule has 0 saturated carbocycles. The van der Waals surface area contributed by atoms with Crippen LogP contribution in [-0.2, 0) is 22.2 Å². The Balaban J connectivity index is 1.64. The second kappa shape index (κ2) is 7.02. The lowest BCUT2D eigenvalue weighted by Gasteiger charge is -2.09. The van der Waals surface area contributed by atoms with Crippen LogP contribution in [0.1, 0.15) is 11.3 Å². The number of hydrogen-bond acceptors (Lipinski definition) is 5. The molecular formula is C17H18N2O4S. The molecule has 0 amide bonds. The molecule has 2 aromatic carbocycles. The maximum atomic E-state index is 12.3. The lowest BCUT2D eigenvalue weighted by Crippen LogP contribution is -2.27. The molecule has 0 fully saturated rings. The van der Waals surface area contributed by atoms with Crippen molar-refractivity contribution in [1.82, 2.24) is 9.88 Å². The van der Waals surface area contributed by atoms with Crippen molar-refractivity contribution in [3.63, 3.8) is 0 Å². The number of ether oxygens (including phenoxy) is 1. The fraction of sp³-hybridized carbons (Fsp3) is 0.235. The highest BCUT2D eigenvalue weighted by Crippen LogP contribution is 2.20. The Morgan fingerprint density at radius 2 is 1.88 bits per heavy atom. The summed E-state index contributed by atoms with van der Waals surface area (Å²) < 4.78 is 37.5. The third kappa shape index (κ3) is 3.74. The van der Waals surface area contributed by atoms with Gasteiger partial charge in [0, 0.05) is 11.9 Å². The van der Waals surface area contributed by atoms with Crippen LogP contribution in [0.2, 0.25) is 0 Å². The minimum Gasteiger partial charge on any atom is -0.496 e. The predicted molar refractivity (Wildman–Crippen MR) is 91.3 cm³/mol. The minimum atomic E-state index is -3.50. The molecule has 126 valence electrons. The lowest BCUT2D eigenvalue weighted by molar-refractivity contribution is 0.409. The molecule has 0 aliphatic rings. The first-order valence-corrected chi connectivity index (χ1v) is 9.17. The number of hydrogen-bond donors (Lipinski definition) is 1. The zero-order valence-electron chi connectivity index (χ0n) is 13.2. The van der Waals surface area contributed by atoms with E-state index in [9.17, 15) is 8.42 Å². The lowest BCUT2D eigenvalue weighted by atomic mass is 10.1. The largest absolute Gasteiger partial charge is 0.496 e. The molecule has 6 nitrogen and oxygen atoms in total. The SMILES string of the molecule is COc1ccccc1CCNS(=O)(=O)Cc1noc2ccccc12. The first-order chi connectivity index (χ1) is 11.6. The van der Waals surface area contributed by atoms with E-state index in [2.05, 4.69) is 9.88 Å². The zero-order valence-corrected chi connectivity index (χ0v) is 14.0. The molecule has 1 heterocycles. The maximum absolute atomic E-state index is 12.3. The fourth-order valence-electron chi connectivity index (χ4n) is 2.52. The number of para-hydroxylation sites is 2. The van der Waals surface area contributed by atoms with Gasteiger partial charge in [-0.3, -0.25) is 0 Å². The van der Waals surface area contributed by atoms with Crippen molar-refractivity contribution in [2.75, 3.05) is 13.7 Å². The van der Waals surface area contributed by atoms with Crippen LogP contribution >= 0.6 is 0 Å². The molecule has 7 heteroatoms. The van der Waals surface area contributed by atoms with Crippen molar-refractivity contribution in [1.29, 1.82) is 0 Å². The molecule has 0 saturated heterocycles. The number of benzene rings is 2. The highest BCUT2D eigenvalue weighted by molar-refractivity contribution is 7.88. The number of rotatable bonds is 7. The topological polar surface area (TPSA) is 81.4 Å². The molecule has 3 rings (SSSR count). The third-order valence-electron chi connectivity index (χ3n) is 3.69. The predicted octanol–water partition coefficient (Wildman–Crippen LogP) is 2.50. The van der Waals surface area contributed by atoms with Crippen molar-refractivity contribution in [2.45, 2.75) is 12.2 Å². The molecule has 3 aromatic rings. The average molecular weight is 346 g/mol. The summed E-state index contributed by atoms with van der Waals surface area (Å²) in [6.07, 6.45) is 0.544. The number of fused-ring (bicyclic) bond motifs is 1. The number of nitrogens with zero attached hydrogens (tertiary/aromatic N) is 1. The quantitative estimate of drug-likeness (QED) is 0.711. The Morgan fingerprint density at radius 1 is 1.12 bits per heavy atom. The van der Waals surface area contributed by atoms with Gasteiger partial charge >= 0.3 is 0 Å². The Morgan fingerprint density at radius 3 is 2.71 bits per heavy atom. The molecule has 0 atom stereocenters. The summed E-state index contributed by atoms with van der Waals surface area (Å²) in [6, 6.07) is 14.7. The van der Waals surface area contributed by atoms with Crippen molar-refractivity contribution in [2.24, 2.45) is 0 Å².